The maximum absolute atomic E-state index is 13.7. The number of carbonyl (C=O) groups is 1. The van der Waals surface area contributed by atoms with Crippen LogP contribution in [0.5, 0.6) is 0 Å². The summed E-state index contributed by atoms with van der Waals surface area (Å²) in [4.78, 5) is 31.7. The minimum absolute atomic E-state index is 0.0538. The van der Waals surface area contributed by atoms with E-state index in [-0.39, 0.29) is 17.3 Å². The first kappa shape index (κ1) is 19.9. The Hall–Kier alpha value is -3.42. The molecule has 4 rings (SSSR count). The van der Waals surface area contributed by atoms with Gasteiger partial charge in [0.25, 0.3) is 5.56 Å². The first-order valence-corrected chi connectivity index (χ1v) is 10.1. The number of nitrogens with zero attached hydrogens (tertiary/aromatic N) is 3. The third kappa shape index (κ3) is 3.98. The van der Waals surface area contributed by atoms with Gasteiger partial charge in [-0.2, -0.15) is 0 Å². The molecule has 1 aliphatic rings. The zero-order valence-electron chi connectivity index (χ0n) is 16.8. The van der Waals surface area contributed by atoms with Crippen LogP contribution in [-0.2, 0) is 6.54 Å². The largest absolute Gasteiger partial charge is 0.352 e. The number of urea groups is 1. The van der Waals surface area contributed by atoms with Crippen LogP contribution in [0, 0.1) is 5.82 Å². The Morgan fingerprint density at radius 2 is 1.83 bits per heavy atom. The molecule has 0 spiro atoms. The number of carbonyl (C=O) groups excluding carboxylic acids is 1. The minimum atomic E-state index is -0.475. The summed E-state index contributed by atoms with van der Waals surface area (Å²) >= 11 is 0. The Kier molecular flexibility index (Phi) is 5.65. The third-order valence-electron chi connectivity index (χ3n) is 5.40. The van der Waals surface area contributed by atoms with Crippen molar-refractivity contribution in [3.05, 3.63) is 64.7 Å². The van der Waals surface area contributed by atoms with Gasteiger partial charge in [0.15, 0.2) is 5.82 Å². The average molecular weight is 409 g/mol. The standard InChI is InChI=1S/C22H24FN5O2/c1-2-28-19-10-6-5-9-18(19)25-20(21(28)29)27-13-11-15(12-14-27)24-22(30)26-17-8-4-3-7-16(17)23/h3-10,15H,2,11-14H2,1H3,(H2,24,26,30). The van der Waals surface area contributed by atoms with E-state index in [2.05, 4.69) is 15.6 Å². The Morgan fingerprint density at radius 3 is 2.57 bits per heavy atom. The van der Waals surface area contributed by atoms with Gasteiger partial charge in [0, 0.05) is 25.7 Å². The lowest BCUT2D eigenvalue weighted by Crippen LogP contribution is -2.47. The smallest absolute Gasteiger partial charge is 0.319 e. The third-order valence-corrected chi connectivity index (χ3v) is 5.40. The van der Waals surface area contributed by atoms with Crippen molar-refractivity contribution in [3.8, 4) is 0 Å². The molecule has 0 saturated carbocycles. The van der Waals surface area contributed by atoms with Crippen LogP contribution in [0.2, 0.25) is 0 Å². The monoisotopic (exact) mass is 409 g/mol. The van der Waals surface area contributed by atoms with Gasteiger partial charge in [0.05, 0.1) is 16.7 Å². The SMILES string of the molecule is CCn1c(=O)c(N2CCC(NC(=O)Nc3ccccc3F)CC2)nc2ccccc21. The number of para-hydroxylation sites is 3. The first-order chi connectivity index (χ1) is 14.6. The normalized spacial score (nSPS) is 14.7. The number of piperidine rings is 1. The predicted molar refractivity (Wildman–Crippen MR) is 115 cm³/mol. The highest BCUT2D eigenvalue weighted by Crippen LogP contribution is 2.19. The fourth-order valence-electron chi connectivity index (χ4n) is 3.84. The Labute approximate surface area is 173 Å². The number of fused-ring (bicyclic) bond motifs is 1. The van der Waals surface area contributed by atoms with Crippen LogP contribution in [0.15, 0.2) is 53.3 Å². The summed E-state index contributed by atoms with van der Waals surface area (Å²) in [6, 6.07) is 13.2. The van der Waals surface area contributed by atoms with E-state index < -0.39 is 11.8 Å². The first-order valence-electron chi connectivity index (χ1n) is 10.1. The Balaban J connectivity index is 1.42. The van der Waals surface area contributed by atoms with E-state index in [1.54, 1.807) is 16.7 Å². The maximum atomic E-state index is 13.7. The van der Waals surface area contributed by atoms with E-state index in [9.17, 15) is 14.0 Å². The zero-order chi connectivity index (χ0) is 21.1. The van der Waals surface area contributed by atoms with Crippen molar-refractivity contribution in [2.24, 2.45) is 0 Å². The Bertz CT molecular complexity index is 1120. The van der Waals surface area contributed by atoms with Gasteiger partial charge in [0.1, 0.15) is 5.82 Å². The van der Waals surface area contributed by atoms with Crippen LogP contribution < -0.4 is 21.1 Å². The number of rotatable bonds is 4. The maximum Gasteiger partial charge on any atom is 0.319 e. The minimum Gasteiger partial charge on any atom is -0.352 e. The molecule has 1 aliphatic heterocycles. The van der Waals surface area contributed by atoms with Gasteiger partial charge in [-0.05, 0) is 44.0 Å². The van der Waals surface area contributed by atoms with E-state index in [1.807, 2.05) is 36.1 Å². The number of hydrogen-bond acceptors (Lipinski definition) is 4. The van der Waals surface area contributed by atoms with Crippen LogP contribution in [0.25, 0.3) is 11.0 Å². The van der Waals surface area contributed by atoms with Crippen molar-refractivity contribution in [3.63, 3.8) is 0 Å². The zero-order valence-corrected chi connectivity index (χ0v) is 16.8. The summed E-state index contributed by atoms with van der Waals surface area (Å²) in [6.45, 7) is 3.73. The lowest BCUT2D eigenvalue weighted by molar-refractivity contribution is 0.246. The van der Waals surface area contributed by atoms with E-state index >= 15 is 0 Å². The van der Waals surface area contributed by atoms with Crippen molar-refractivity contribution in [1.29, 1.82) is 0 Å². The van der Waals surface area contributed by atoms with Gasteiger partial charge in [-0.15, -0.1) is 0 Å². The van der Waals surface area contributed by atoms with Crippen molar-refractivity contribution >= 4 is 28.6 Å². The quantitative estimate of drug-likeness (QED) is 0.693. The number of benzene rings is 2. The van der Waals surface area contributed by atoms with E-state index in [1.165, 1.54) is 12.1 Å². The molecule has 0 atom stereocenters. The van der Waals surface area contributed by atoms with Gasteiger partial charge in [-0.3, -0.25) is 4.79 Å². The summed E-state index contributed by atoms with van der Waals surface area (Å²) in [7, 11) is 0. The predicted octanol–water partition coefficient (Wildman–Crippen LogP) is 3.35. The highest BCUT2D eigenvalue weighted by Gasteiger charge is 2.24. The molecule has 0 aliphatic carbocycles. The molecule has 0 unspecified atom stereocenters. The fraction of sp³-hybridized carbons (Fsp3) is 0.318. The number of nitrogens with one attached hydrogen (secondary N) is 2. The van der Waals surface area contributed by atoms with Crippen LogP contribution in [-0.4, -0.2) is 34.7 Å². The molecule has 7 nitrogen and oxygen atoms in total. The number of aromatic nitrogens is 2. The molecular weight excluding hydrogens is 385 g/mol. The molecular formula is C22H24FN5O2. The second-order valence-corrected chi connectivity index (χ2v) is 7.31. The number of aryl methyl sites for hydroxylation is 1. The Morgan fingerprint density at radius 1 is 1.13 bits per heavy atom. The lowest BCUT2D eigenvalue weighted by Gasteiger charge is -2.33. The summed E-state index contributed by atoms with van der Waals surface area (Å²) in [6.07, 6.45) is 1.34. The molecule has 30 heavy (non-hydrogen) atoms. The molecule has 156 valence electrons. The summed E-state index contributed by atoms with van der Waals surface area (Å²) in [5, 5.41) is 5.43. The highest BCUT2D eigenvalue weighted by atomic mass is 19.1. The summed E-state index contributed by atoms with van der Waals surface area (Å²) in [5.41, 5.74) is 1.67. The fourth-order valence-corrected chi connectivity index (χ4v) is 3.84. The van der Waals surface area contributed by atoms with Crippen molar-refractivity contribution in [1.82, 2.24) is 14.9 Å². The van der Waals surface area contributed by atoms with Crippen molar-refractivity contribution < 1.29 is 9.18 Å². The molecule has 8 heteroatoms. The van der Waals surface area contributed by atoms with Gasteiger partial charge in [-0.1, -0.05) is 24.3 Å². The number of amides is 2. The second-order valence-electron chi connectivity index (χ2n) is 7.31. The summed E-state index contributed by atoms with van der Waals surface area (Å²) in [5.74, 6) is -0.0261. The van der Waals surface area contributed by atoms with Gasteiger partial charge in [-0.25, -0.2) is 14.2 Å². The van der Waals surface area contributed by atoms with E-state index in [0.29, 0.717) is 38.3 Å². The molecule has 2 N–H and O–H groups in total. The number of anilines is 2. The topological polar surface area (TPSA) is 79.3 Å². The van der Waals surface area contributed by atoms with Gasteiger partial charge >= 0.3 is 6.03 Å². The molecule has 1 saturated heterocycles. The number of hydrogen-bond donors (Lipinski definition) is 2. The molecule has 0 bridgehead atoms. The molecule has 3 aromatic rings. The molecule has 1 aromatic heterocycles. The van der Waals surface area contributed by atoms with Crippen LogP contribution in [0.4, 0.5) is 20.7 Å². The van der Waals surface area contributed by atoms with Gasteiger partial charge in [0.2, 0.25) is 0 Å². The second kappa shape index (κ2) is 8.52. The van der Waals surface area contributed by atoms with E-state index in [0.717, 1.165) is 11.0 Å². The van der Waals surface area contributed by atoms with Gasteiger partial charge < -0.3 is 20.1 Å². The average Bonchev–Trinajstić information content (AvgIpc) is 2.75. The van der Waals surface area contributed by atoms with Crippen molar-refractivity contribution in [2.75, 3.05) is 23.3 Å². The molecule has 2 amide bonds. The molecule has 1 fully saturated rings. The molecule has 0 radical (unpaired) electrons. The van der Waals surface area contributed by atoms with Crippen molar-refractivity contribution in [2.45, 2.75) is 32.4 Å². The molecule has 2 aromatic carbocycles. The molecule has 2 heterocycles. The van der Waals surface area contributed by atoms with Crippen LogP contribution >= 0.6 is 0 Å². The lowest BCUT2D eigenvalue weighted by atomic mass is 10.1. The van der Waals surface area contributed by atoms with Crippen LogP contribution in [0.3, 0.4) is 0 Å². The van der Waals surface area contributed by atoms with Crippen LogP contribution in [0.1, 0.15) is 19.8 Å². The summed E-state index contributed by atoms with van der Waals surface area (Å²) < 4.78 is 15.4. The van der Waals surface area contributed by atoms with E-state index in [4.69, 9.17) is 0 Å². The highest BCUT2D eigenvalue weighted by molar-refractivity contribution is 5.89. The number of halogens is 1.